The Bertz CT molecular complexity index is 988. The normalized spacial score (nSPS) is 14.7. The van der Waals surface area contributed by atoms with Crippen molar-refractivity contribution in [1.82, 2.24) is 14.8 Å². The predicted octanol–water partition coefficient (Wildman–Crippen LogP) is 6.06. The van der Waals surface area contributed by atoms with Crippen LogP contribution in [0.3, 0.4) is 0 Å². The lowest BCUT2D eigenvalue weighted by atomic mass is 10.1. The minimum atomic E-state index is 0.342. The lowest BCUT2D eigenvalue weighted by molar-refractivity contribution is 0.479. The second-order valence-electron chi connectivity index (χ2n) is 6.71. The van der Waals surface area contributed by atoms with Gasteiger partial charge < -0.3 is 0 Å². The van der Waals surface area contributed by atoms with E-state index in [-0.39, 0.29) is 0 Å². The summed E-state index contributed by atoms with van der Waals surface area (Å²) in [5.74, 6) is 7.07. The Hall–Kier alpha value is -2.09. The number of rotatable bonds is 4. The van der Waals surface area contributed by atoms with E-state index in [4.69, 9.17) is 16.7 Å². The number of hydrogen-bond acceptors (Lipinski definition) is 3. The second-order valence-corrected chi connectivity index (χ2v) is 8.42. The molecule has 0 radical (unpaired) electrons. The van der Waals surface area contributed by atoms with Gasteiger partial charge in [0.1, 0.15) is 11.4 Å². The maximum atomic E-state index is 6.16. The third-order valence-corrected chi connectivity index (χ3v) is 5.87. The molecule has 0 saturated heterocycles. The molecular formula is C21H20ClN3S. The van der Waals surface area contributed by atoms with Crippen molar-refractivity contribution in [3.63, 3.8) is 0 Å². The smallest absolute Gasteiger partial charge is 0.113 e. The first kappa shape index (κ1) is 17.3. The zero-order valence-electron chi connectivity index (χ0n) is 14.9. The molecule has 1 atom stereocenters. The molecule has 3 aromatic heterocycles. The summed E-state index contributed by atoms with van der Waals surface area (Å²) in [6.45, 7) is 4.35. The van der Waals surface area contributed by atoms with E-state index in [0.717, 1.165) is 38.1 Å². The molecule has 1 aliphatic carbocycles. The van der Waals surface area contributed by atoms with Gasteiger partial charge in [0.15, 0.2) is 0 Å². The topological polar surface area (TPSA) is 30.7 Å². The van der Waals surface area contributed by atoms with Gasteiger partial charge in [0.05, 0.1) is 9.21 Å². The summed E-state index contributed by atoms with van der Waals surface area (Å²) in [5.41, 5.74) is 3.98. The van der Waals surface area contributed by atoms with Gasteiger partial charge in [-0.25, -0.2) is 4.98 Å². The first-order valence-electron chi connectivity index (χ1n) is 8.97. The Morgan fingerprint density at radius 2 is 2.19 bits per heavy atom. The lowest BCUT2D eigenvalue weighted by Crippen LogP contribution is -2.03. The molecule has 3 heterocycles. The van der Waals surface area contributed by atoms with E-state index in [1.54, 1.807) is 11.3 Å². The molecule has 1 saturated carbocycles. The highest BCUT2D eigenvalue weighted by Gasteiger charge is 2.19. The molecule has 1 aliphatic rings. The molecule has 0 bridgehead atoms. The van der Waals surface area contributed by atoms with Gasteiger partial charge in [0.2, 0.25) is 0 Å². The molecular weight excluding hydrogens is 362 g/mol. The summed E-state index contributed by atoms with van der Waals surface area (Å²) in [6.07, 6.45) is 7.43. The maximum absolute atomic E-state index is 6.16. The van der Waals surface area contributed by atoms with Gasteiger partial charge in [-0.3, -0.25) is 4.68 Å². The van der Waals surface area contributed by atoms with E-state index >= 15 is 0 Å². The Morgan fingerprint density at radius 1 is 1.35 bits per heavy atom. The molecule has 4 rings (SSSR count). The predicted molar refractivity (Wildman–Crippen MR) is 108 cm³/mol. The highest BCUT2D eigenvalue weighted by Crippen LogP contribution is 2.37. The van der Waals surface area contributed by atoms with E-state index in [9.17, 15) is 0 Å². The van der Waals surface area contributed by atoms with E-state index in [2.05, 4.69) is 42.9 Å². The first-order valence-corrected chi connectivity index (χ1v) is 10.2. The zero-order chi connectivity index (χ0) is 18.1. The van der Waals surface area contributed by atoms with Crippen LogP contribution in [-0.2, 0) is 0 Å². The molecule has 5 heteroatoms. The lowest BCUT2D eigenvalue weighted by Gasteiger charge is -2.07. The molecule has 0 spiro atoms. The van der Waals surface area contributed by atoms with Crippen molar-refractivity contribution < 1.29 is 0 Å². The minimum absolute atomic E-state index is 0.342. The van der Waals surface area contributed by atoms with Crippen molar-refractivity contribution in [3.8, 4) is 33.5 Å². The third-order valence-electron chi connectivity index (χ3n) is 4.63. The Labute approximate surface area is 163 Å². The van der Waals surface area contributed by atoms with Gasteiger partial charge >= 0.3 is 0 Å². The Balaban J connectivity index is 1.78. The molecule has 0 aliphatic heterocycles. The van der Waals surface area contributed by atoms with Crippen LogP contribution in [0.2, 0.25) is 4.34 Å². The van der Waals surface area contributed by atoms with Crippen LogP contribution in [0.25, 0.3) is 21.7 Å². The first-order chi connectivity index (χ1) is 12.6. The van der Waals surface area contributed by atoms with Crippen molar-refractivity contribution in [3.05, 3.63) is 46.7 Å². The van der Waals surface area contributed by atoms with E-state index in [0.29, 0.717) is 12.0 Å². The number of hydrogen-bond donors (Lipinski definition) is 0. The molecule has 26 heavy (non-hydrogen) atoms. The molecule has 0 N–H and O–H groups in total. The molecule has 3 nitrogen and oxygen atoms in total. The van der Waals surface area contributed by atoms with Crippen molar-refractivity contribution in [2.24, 2.45) is 5.92 Å². The summed E-state index contributed by atoms with van der Waals surface area (Å²) < 4.78 is 2.82. The second kappa shape index (κ2) is 7.26. The number of aromatic nitrogens is 3. The summed E-state index contributed by atoms with van der Waals surface area (Å²) >= 11 is 7.72. The molecule has 0 amide bonds. The van der Waals surface area contributed by atoms with Gasteiger partial charge in [0.25, 0.3) is 0 Å². The fraction of sp³-hybridized carbons (Fsp3) is 0.333. The van der Waals surface area contributed by atoms with Crippen LogP contribution in [0.1, 0.15) is 44.8 Å². The summed E-state index contributed by atoms with van der Waals surface area (Å²) in [4.78, 5) is 5.49. The van der Waals surface area contributed by atoms with E-state index in [1.807, 2.05) is 29.1 Å². The summed E-state index contributed by atoms with van der Waals surface area (Å²) in [7, 11) is 0. The molecule has 3 aromatic rings. The van der Waals surface area contributed by atoms with Crippen LogP contribution in [-0.4, -0.2) is 14.8 Å². The van der Waals surface area contributed by atoms with Gasteiger partial charge in [-0.15, -0.1) is 11.3 Å². The quantitative estimate of drug-likeness (QED) is 0.514. The average molecular weight is 382 g/mol. The molecule has 1 unspecified atom stereocenters. The number of pyridine rings is 1. The number of halogens is 1. The van der Waals surface area contributed by atoms with Crippen molar-refractivity contribution in [2.45, 2.75) is 39.2 Å². The minimum Gasteiger partial charge on any atom is -0.269 e. The summed E-state index contributed by atoms with van der Waals surface area (Å²) in [5, 5.41) is 4.87. The van der Waals surface area contributed by atoms with Crippen LogP contribution in [0.15, 0.2) is 36.7 Å². The van der Waals surface area contributed by atoms with Crippen LogP contribution < -0.4 is 0 Å². The molecule has 0 aromatic carbocycles. The van der Waals surface area contributed by atoms with E-state index < -0.39 is 0 Å². The number of thiophene rings is 1. The Morgan fingerprint density at radius 3 is 2.88 bits per heavy atom. The fourth-order valence-electron chi connectivity index (χ4n) is 2.71. The largest absolute Gasteiger partial charge is 0.269 e. The summed E-state index contributed by atoms with van der Waals surface area (Å²) in [6, 6.07) is 8.39. The van der Waals surface area contributed by atoms with Crippen LogP contribution in [0.5, 0.6) is 0 Å². The maximum Gasteiger partial charge on any atom is 0.113 e. The SMILES string of the molecule is CCC(C)n1cc(-c2ccnc(C#CC3CC3)c2)c(-c2ccc(Cl)s2)n1. The highest BCUT2D eigenvalue weighted by atomic mass is 35.5. The van der Waals surface area contributed by atoms with Crippen molar-refractivity contribution in [1.29, 1.82) is 0 Å². The molecule has 1 fully saturated rings. The van der Waals surface area contributed by atoms with Gasteiger partial charge in [0, 0.05) is 29.9 Å². The van der Waals surface area contributed by atoms with Crippen LogP contribution in [0, 0.1) is 17.8 Å². The van der Waals surface area contributed by atoms with Gasteiger partial charge in [-0.05, 0) is 61.9 Å². The van der Waals surface area contributed by atoms with Gasteiger partial charge in [-0.2, -0.15) is 5.10 Å². The standard InChI is InChI=1S/C21H20ClN3S/c1-3-14(2)25-13-18(21(24-25)19-8-9-20(22)26-19)16-10-11-23-17(12-16)7-6-15-4-5-15/h8-15H,3-5H2,1-2H3. The fourth-order valence-corrected chi connectivity index (χ4v) is 3.75. The van der Waals surface area contributed by atoms with Crippen molar-refractivity contribution >= 4 is 22.9 Å². The number of nitrogens with zero attached hydrogens (tertiary/aromatic N) is 3. The van der Waals surface area contributed by atoms with Gasteiger partial charge in [-0.1, -0.05) is 24.4 Å². The molecule has 132 valence electrons. The van der Waals surface area contributed by atoms with Crippen molar-refractivity contribution in [2.75, 3.05) is 0 Å². The van der Waals surface area contributed by atoms with Crippen LogP contribution in [0.4, 0.5) is 0 Å². The highest BCUT2D eigenvalue weighted by molar-refractivity contribution is 7.19. The average Bonchev–Trinajstić information content (AvgIpc) is 3.22. The monoisotopic (exact) mass is 381 g/mol. The van der Waals surface area contributed by atoms with Crippen LogP contribution >= 0.6 is 22.9 Å². The third kappa shape index (κ3) is 3.70. The van der Waals surface area contributed by atoms with E-state index in [1.165, 1.54) is 12.8 Å². The Kier molecular flexibility index (Phi) is 4.84. The zero-order valence-corrected chi connectivity index (χ0v) is 16.4.